The largest absolute Gasteiger partial charge is 0.288 e. The van der Waals surface area contributed by atoms with Crippen LogP contribution in [0.15, 0.2) is 30.6 Å². The van der Waals surface area contributed by atoms with Crippen molar-refractivity contribution in [1.82, 2.24) is 24.5 Å². The minimum atomic E-state index is -0.319. The molecule has 9 heteroatoms. The summed E-state index contributed by atoms with van der Waals surface area (Å²) >= 11 is 12.0. The molecule has 3 aromatic rings. The van der Waals surface area contributed by atoms with E-state index in [9.17, 15) is 4.79 Å². The Morgan fingerprint density at radius 3 is 2.71 bits per heavy atom. The number of aryl methyl sites for hydroxylation is 2. The zero-order valence-corrected chi connectivity index (χ0v) is 14.5. The third-order valence-corrected chi connectivity index (χ3v) is 3.93. The fraction of sp³-hybridized carbons (Fsp3) is 0.200. The quantitative estimate of drug-likeness (QED) is 0.771. The van der Waals surface area contributed by atoms with Gasteiger partial charge in [-0.15, -0.1) is 5.10 Å². The van der Waals surface area contributed by atoms with Crippen molar-refractivity contribution in [1.29, 1.82) is 0 Å². The molecular formula is C15H14Cl2N6O. The summed E-state index contributed by atoms with van der Waals surface area (Å²) in [7, 11) is 1.70. The second kappa shape index (κ2) is 6.62. The number of aromatic nitrogens is 5. The molecule has 2 heterocycles. The molecule has 0 saturated heterocycles. The van der Waals surface area contributed by atoms with Crippen molar-refractivity contribution < 1.29 is 4.79 Å². The molecule has 0 aliphatic carbocycles. The lowest BCUT2D eigenvalue weighted by Gasteiger charge is -2.04. The van der Waals surface area contributed by atoms with E-state index in [-0.39, 0.29) is 11.9 Å². The van der Waals surface area contributed by atoms with Gasteiger partial charge in [-0.2, -0.15) is 5.10 Å². The number of rotatable bonds is 4. The third-order valence-electron chi connectivity index (χ3n) is 3.34. The van der Waals surface area contributed by atoms with E-state index in [2.05, 4.69) is 20.5 Å². The summed E-state index contributed by atoms with van der Waals surface area (Å²) in [5.74, 6) is -0.107. The van der Waals surface area contributed by atoms with Crippen LogP contribution in [0.4, 0.5) is 5.95 Å². The van der Waals surface area contributed by atoms with Gasteiger partial charge in [-0.05, 0) is 30.7 Å². The number of carbonyl (C=O) groups is 1. The van der Waals surface area contributed by atoms with Crippen LogP contribution in [0.25, 0.3) is 0 Å². The van der Waals surface area contributed by atoms with E-state index in [0.717, 1.165) is 11.3 Å². The van der Waals surface area contributed by atoms with Gasteiger partial charge in [0.15, 0.2) is 0 Å². The maximum atomic E-state index is 12.2. The molecule has 0 atom stereocenters. The first-order valence-electron chi connectivity index (χ1n) is 7.08. The number of nitrogens with zero attached hydrogens (tertiary/aromatic N) is 5. The lowest BCUT2D eigenvalue weighted by molar-refractivity contribution is 0.101. The molecule has 2 aromatic heterocycles. The molecule has 1 N–H and O–H groups in total. The second-order valence-electron chi connectivity index (χ2n) is 5.25. The summed E-state index contributed by atoms with van der Waals surface area (Å²) in [6, 6.07) is 6.94. The molecule has 24 heavy (non-hydrogen) atoms. The molecule has 124 valence electrons. The fourth-order valence-electron chi connectivity index (χ4n) is 2.24. The van der Waals surface area contributed by atoms with Gasteiger partial charge in [-0.3, -0.25) is 14.8 Å². The van der Waals surface area contributed by atoms with Crippen LogP contribution in [0.1, 0.15) is 21.7 Å². The van der Waals surface area contributed by atoms with Crippen molar-refractivity contribution in [2.75, 3.05) is 5.32 Å². The van der Waals surface area contributed by atoms with Gasteiger partial charge in [0.25, 0.3) is 5.91 Å². The molecule has 0 spiro atoms. The first kappa shape index (κ1) is 16.5. The maximum absolute atomic E-state index is 12.2. The van der Waals surface area contributed by atoms with Gasteiger partial charge in [0, 0.05) is 17.1 Å². The minimum Gasteiger partial charge on any atom is -0.288 e. The van der Waals surface area contributed by atoms with Gasteiger partial charge in [-0.25, -0.2) is 9.67 Å². The molecule has 0 fully saturated rings. The number of benzene rings is 1. The Hall–Kier alpha value is -2.38. The number of halogens is 2. The molecule has 0 aliphatic rings. The molecule has 1 amide bonds. The van der Waals surface area contributed by atoms with E-state index in [1.165, 1.54) is 11.0 Å². The van der Waals surface area contributed by atoms with Crippen LogP contribution in [-0.2, 0) is 13.6 Å². The van der Waals surface area contributed by atoms with Crippen LogP contribution in [0.2, 0.25) is 10.0 Å². The van der Waals surface area contributed by atoms with E-state index >= 15 is 0 Å². The average Bonchev–Trinajstić information content (AvgIpc) is 3.08. The van der Waals surface area contributed by atoms with Gasteiger partial charge in [0.1, 0.15) is 12.0 Å². The van der Waals surface area contributed by atoms with Crippen molar-refractivity contribution in [2.24, 2.45) is 7.05 Å². The predicted molar refractivity (Wildman–Crippen MR) is 91.5 cm³/mol. The highest BCUT2D eigenvalue weighted by atomic mass is 35.5. The summed E-state index contributed by atoms with van der Waals surface area (Å²) in [4.78, 5) is 16.3. The van der Waals surface area contributed by atoms with Crippen molar-refractivity contribution in [3.63, 3.8) is 0 Å². The monoisotopic (exact) mass is 364 g/mol. The number of amides is 1. The molecule has 1 aromatic carbocycles. The van der Waals surface area contributed by atoms with E-state index in [1.54, 1.807) is 29.9 Å². The van der Waals surface area contributed by atoms with Crippen LogP contribution in [0.3, 0.4) is 0 Å². The maximum Gasteiger partial charge on any atom is 0.276 e. The van der Waals surface area contributed by atoms with Crippen LogP contribution < -0.4 is 5.32 Å². The smallest absolute Gasteiger partial charge is 0.276 e. The van der Waals surface area contributed by atoms with Crippen molar-refractivity contribution in [3.8, 4) is 0 Å². The van der Waals surface area contributed by atoms with Crippen molar-refractivity contribution >= 4 is 35.1 Å². The Bertz CT molecular complexity index is 901. The molecule has 0 aliphatic heterocycles. The molecule has 0 radical (unpaired) electrons. The van der Waals surface area contributed by atoms with E-state index in [4.69, 9.17) is 23.2 Å². The highest BCUT2D eigenvalue weighted by molar-refractivity contribution is 6.35. The summed E-state index contributed by atoms with van der Waals surface area (Å²) < 4.78 is 3.09. The zero-order chi connectivity index (χ0) is 17.3. The molecule has 0 unspecified atom stereocenters. The lowest BCUT2D eigenvalue weighted by Crippen LogP contribution is -2.17. The highest BCUT2D eigenvalue weighted by Gasteiger charge is 2.14. The lowest BCUT2D eigenvalue weighted by atomic mass is 10.2. The molecule has 3 rings (SSSR count). The van der Waals surface area contributed by atoms with Gasteiger partial charge in [0.05, 0.1) is 12.2 Å². The normalized spacial score (nSPS) is 10.8. The van der Waals surface area contributed by atoms with Gasteiger partial charge in [-0.1, -0.05) is 29.3 Å². The number of nitrogens with one attached hydrogen (secondary N) is 1. The Morgan fingerprint density at radius 2 is 2.04 bits per heavy atom. The summed E-state index contributed by atoms with van der Waals surface area (Å²) in [6.07, 6.45) is 1.52. The van der Waals surface area contributed by atoms with Gasteiger partial charge < -0.3 is 0 Å². The highest BCUT2D eigenvalue weighted by Crippen LogP contribution is 2.21. The van der Waals surface area contributed by atoms with Crippen LogP contribution in [-0.4, -0.2) is 30.5 Å². The summed E-state index contributed by atoms with van der Waals surface area (Å²) in [5, 5.41) is 12.1. The first-order valence-corrected chi connectivity index (χ1v) is 7.83. The predicted octanol–water partition coefficient (Wildman–Crippen LogP) is 2.93. The van der Waals surface area contributed by atoms with Gasteiger partial charge >= 0.3 is 0 Å². The van der Waals surface area contributed by atoms with E-state index in [0.29, 0.717) is 22.3 Å². The van der Waals surface area contributed by atoms with Crippen LogP contribution >= 0.6 is 23.2 Å². The number of hydrogen-bond acceptors (Lipinski definition) is 4. The standard InChI is InChI=1S/C15H14Cl2N6O/c1-9-5-13(22(2)20-9)14(24)19-15-18-8-23(21-15)7-10-3-4-11(16)6-12(10)17/h3-6,8H,7H2,1-2H3,(H,19,21,24). The van der Waals surface area contributed by atoms with E-state index < -0.39 is 0 Å². The van der Waals surface area contributed by atoms with Crippen molar-refractivity contribution in [3.05, 3.63) is 57.6 Å². The average molecular weight is 365 g/mol. The Balaban J connectivity index is 1.71. The summed E-state index contributed by atoms with van der Waals surface area (Å²) in [6.45, 7) is 2.24. The molecule has 7 nitrogen and oxygen atoms in total. The Labute approximate surface area is 148 Å². The number of anilines is 1. The minimum absolute atomic E-state index is 0.212. The molecular weight excluding hydrogens is 351 g/mol. The van der Waals surface area contributed by atoms with Gasteiger partial charge in [0.2, 0.25) is 5.95 Å². The first-order chi connectivity index (χ1) is 11.4. The van der Waals surface area contributed by atoms with Crippen LogP contribution in [0.5, 0.6) is 0 Å². The zero-order valence-electron chi connectivity index (χ0n) is 13.0. The Kier molecular flexibility index (Phi) is 4.55. The Morgan fingerprint density at radius 1 is 1.25 bits per heavy atom. The second-order valence-corrected chi connectivity index (χ2v) is 6.09. The van der Waals surface area contributed by atoms with Crippen LogP contribution in [0, 0.1) is 6.92 Å². The van der Waals surface area contributed by atoms with E-state index in [1.807, 2.05) is 13.0 Å². The molecule has 0 bridgehead atoms. The number of hydrogen-bond donors (Lipinski definition) is 1. The van der Waals surface area contributed by atoms with Crippen molar-refractivity contribution in [2.45, 2.75) is 13.5 Å². The fourth-order valence-corrected chi connectivity index (χ4v) is 2.71. The SMILES string of the molecule is Cc1cc(C(=O)Nc2ncn(Cc3ccc(Cl)cc3Cl)n2)n(C)n1. The topological polar surface area (TPSA) is 77.6 Å². The summed E-state index contributed by atoms with van der Waals surface area (Å²) in [5.41, 5.74) is 2.05. The number of carbonyl (C=O) groups excluding carboxylic acids is 1. The molecule has 0 saturated carbocycles. The third kappa shape index (κ3) is 3.58.